The van der Waals surface area contributed by atoms with Gasteiger partial charge in [-0.25, -0.2) is 0 Å². The second-order valence-electron chi connectivity index (χ2n) is 4.92. The van der Waals surface area contributed by atoms with E-state index in [2.05, 4.69) is 5.32 Å². The van der Waals surface area contributed by atoms with Gasteiger partial charge in [0.1, 0.15) is 5.75 Å². The van der Waals surface area contributed by atoms with Crippen LogP contribution in [0.15, 0.2) is 30.3 Å². The summed E-state index contributed by atoms with van der Waals surface area (Å²) in [5.41, 5.74) is 0. The minimum atomic E-state index is -0.436. The molecule has 2 rings (SSSR count). The maximum absolute atomic E-state index is 12.0. The molecule has 0 spiro atoms. The smallest absolute Gasteiger partial charge is 0.260 e. The molecule has 0 radical (unpaired) electrons. The maximum Gasteiger partial charge on any atom is 0.260 e. The molecular weight excluding hydrogens is 226 g/mol. The number of benzene rings is 1. The highest BCUT2D eigenvalue weighted by atomic mass is 16.5. The molecule has 1 amide bonds. The molecule has 1 aliphatic carbocycles. The number of hydrogen-bond donors (Lipinski definition) is 1. The van der Waals surface area contributed by atoms with Crippen molar-refractivity contribution in [2.75, 3.05) is 0 Å². The number of amides is 1. The number of rotatable bonds is 4. The van der Waals surface area contributed by atoms with E-state index in [1.54, 1.807) is 6.92 Å². The van der Waals surface area contributed by atoms with E-state index in [0.717, 1.165) is 18.6 Å². The van der Waals surface area contributed by atoms with Crippen molar-refractivity contribution in [3.05, 3.63) is 30.3 Å². The third kappa shape index (κ3) is 3.76. The fourth-order valence-corrected chi connectivity index (χ4v) is 2.32. The maximum atomic E-state index is 12.0. The van der Waals surface area contributed by atoms with E-state index in [1.165, 1.54) is 19.3 Å². The molecule has 1 aromatic carbocycles. The number of carbonyl (C=O) groups is 1. The molecular formula is C15H21NO2. The van der Waals surface area contributed by atoms with E-state index in [4.69, 9.17) is 4.74 Å². The van der Waals surface area contributed by atoms with Crippen molar-refractivity contribution in [3.8, 4) is 5.75 Å². The van der Waals surface area contributed by atoms with Gasteiger partial charge in [0.05, 0.1) is 0 Å². The Labute approximate surface area is 109 Å². The summed E-state index contributed by atoms with van der Waals surface area (Å²) in [6.07, 6.45) is 5.50. The third-order valence-electron chi connectivity index (χ3n) is 3.38. The zero-order chi connectivity index (χ0) is 12.8. The molecule has 0 bridgehead atoms. The number of ether oxygens (including phenoxy) is 1. The molecule has 1 aromatic rings. The van der Waals surface area contributed by atoms with Crippen LogP contribution < -0.4 is 10.1 Å². The lowest BCUT2D eigenvalue weighted by atomic mass is 9.95. The second kappa shape index (κ2) is 6.43. The van der Waals surface area contributed by atoms with Gasteiger partial charge >= 0.3 is 0 Å². The van der Waals surface area contributed by atoms with Crippen molar-refractivity contribution in [1.29, 1.82) is 0 Å². The Bertz CT molecular complexity index is 371. The molecule has 3 heteroatoms. The zero-order valence-electron chi connectivity index (χ0n) is 10.9. The van der Waals surface area contributed by atoms with E-state index < -0.39 is 6.10 Å². The van der Waals surface area contributed by atoms with Gasteiger partial charge in [0.15, 0.2) is 6.10 Å². The van der Waals surface area contributed by atoms with Crippen LogP contribution in [0.3, 0.4) is 0 Å². The topological polar surface area (TPSA) is 38.3 Å². The molecule has 1 atom stereocenters. The number of hydrogen-bond acceptors (Lipinski definition) is 2. The normalized spacial score (nSPS) is 18.1. The van der Waals surface area contributed by atoms with Crippen molar-refractivity contribution in [2.45, 2.75) is 51.2 Å². The molecule has 18 heavy (non-hydrogen) atoms. The Morgan fingerprint density at radius 2 is 1.89 bits per heavy atom. The van der Waals surface area contributed by atoms with Gasteiger partial charge in [-0.3, -0.25) is 4.79 Å². The lowest BCUT2D eigenvalue weighted by molar-refractivity contribution is -0.128. The van der Waals surface area contributed by atoms with Gasteiger partial charge in [0.2, 0.25) is 0 Å². The van der Waals surface area contributed by atoms with E-state index in [9.17, 15) is 4.79 Å². The van der Waals surface area contributed by atoms with Gasteiger partial charge in [0.25, 0.3) is 5.91 Å². The molecule has 0 aromatic heterocycles. The van der Waals surface area contributed by atoms with Crippen LogP contribution in [-0.4, -0.2) is 18.1 Å². The van der Waals surface area contributed by atoms with Crippen molar-refractivity contribution < 1.29 is 9.53 Å². The average molecular weight is 247 g/mol. The monoisotopic (exact) mass is 247 g/mol. The Balaban J connectivity index is 1.81. The molecule has 0 unspecified atom stereocenters. The van der Waals surface area contributed by atoms with Crippen LogP contribution in [-0.2, 0) is 4.79 Å². The molecule has 1 aliphatic rings. The van der Waals surface area contributed by atoms with Gasteiger partial charge in [-0.1, -0.05) is 37.5 Å². The molecule has 3 nitrogen and oxygen atoms in total. The van der Waals surface area contributed by atoms with E-state index in [1.807, 2.05) is 30.3 Å². The van der Waals surface area contributed by atoms with Gasteiger partial charge in [-0.15, -0.1) is 0 Å². The summed E-state index contributed by atoms with van der Waals surface area (Å²) < 4.78 is 5.61. The molecule has 0 saturated heterocycles. The lowest BCUT2D eigenvalue weighted by Gasteiger charge is -2.24. The van der Waals surface area contributed by atoms with Crippen molar-refractivity contribution >= 4 is 5.91 Å². The summed E-state index contributed by atoms with van der Waals surface area (Å²) in [6, 6.07) is 9.81. The summed E-state index contributed by atoms with van der Waals surface area (Å²) in [4.78, 5) is 12.0. The fraction of sp³-hybridized carbons (Fsp3) is 0.533. The largest absolute Gasteiger partial charge is 0.481 e. The minimum Gasteiger partial charge on any atom is -0.481 e. The van der Waals surface area contributed by atoms with Crippen LogP contribution in [0.4, 0.5) is 0 Å². The molecule has 0 heterocycles. The highest BCUT2D eigenvalue weighted by Crippen LogP contribution is 2.18. The number of para-hydroxylation sites is 1. The summed E-state index contributed by atoms with van der Waals surface area (Å²) in [5, 5.41) is 3.07. The number of carbonyl (C=O) groups excluding carboxylic acids is 1. The lowest BCUT2D eigenvalue weighted by Crippen LogP contribution is -2.43. The summed E-state index contributed by atoms with van der Waals surface area (Å²) in [6.45, 7) is 1.80. The predicted molar refractivity (Wildman–Crippen MR) is 71.5 cm³/mol. The van der Waals surface area contributed by atoms with Crippen LogP contribution in [0, 0.1) is 0 Å². The summed E-state index contributed by atoms with van der Waals surface area (Å²) >= 11 is 0. The summed E-state index contributed by atoms with van der Waals surface area (Å²) in [5.74, 6) is 0.731. The first-order valence-corrected chi connectivity index (χ1v) is 6.78. The Hall–Kier alpha value is -1.51. The van der Waals surface area contributed by atoms with Gasteiger partial charge < -0.3 is 10.1 Å². The van der Waals surface area contributed by atoms with Gasteiger partial charge in [0, 0.05) is 6.04 Å². The van der Waals surface area contributed by atoms with Crippen LogP contribution in [0.25, 0.3) is 0 Å². The molecule has 1 fully saturated rings. The first kappa shape index (κ1) is 12.9. The Morgan fingerprint density at radius 1 is 1.22 bits per heavy atom. The SMILES string of the molecule is C[C@@H](Oc1ccccc1)C(=O)NC1CCCCC1. The van der Waals surface area contributed by atoms with E-state index in [0.29, 0.717) is 6.04 Å². The molecule has 98 valence electrons. The third-order valence-corrected chi connectivity index (χ3v) is 3.38. The summed E-state index contributed by atoms with van der Waals surface area (Å²) in [7, 11) is 0. The Kier molecular flexibility index (Phi) is 4.62. The standard InChI is InChI=1S/C15H21NO2/c1-12(18-14-10-6-3-7-11-14)15(17)16-13-8-4-2-5-9-13/h3,6-7,10-13H,2,4-5,8-9H2,1H3,(H,16,17)/t12-/m1/s1. The molecule has 1 saturated carbocycles. The fourth-order valence-electron chi connectivity index (χ4n) is 2.32. The highest BCUT2D eigenvalue weighted by Gasteiger charge is 2.20. The average Bonchev–Trinajstić information content (AvgIpc) is 2.41. The van der Waals surface area contributed by atoms with Gasteiger partial charge in [-0.2, -0.15) is 0 Å². The van der Waals surface area contributed by atoms with Crippen molar-refractivity contribution in [2.24, 2.45) is 0 Å². The Morgan fingerprint density at radius 3 is 2.56 bits per heavy atom. The van der Waals surface area contributed by atoms with Crippen LogP contribution in [0.5, 0.6) is 5.75 Å². The van der Waals surface area contributed by atoms with Crippen LogP contribution >= 0.6 is 0 Å². The minimum absolute atomic E-state index is 0.00856. The molecule has 1 N–H and O–H groups in total. The highest BCUT2D eigenvalue weighted by molar-refractivity contribution is 5.81. The van der Waals surface area contributed by atoms with Crippen LogP contribution in [0.2, 0.25) is 0 Å². The first-order chi connectivity index (χ1) is 8.75. The zero-order valence-corrected chi connectivity index (χ0v) is 10.9. The van der Waals surface area contributed by atoms with Gasteiger partial charge in [-0.05, 0) is 31.9 Å². The van der Waals surface area contributed by atoms with Crippen LogP contribution in [0.1, 0.15) is 39.0 Å². The van der Waals surface area contributed by atoms with E-state index in [-0.39, 0.29) is 5.91 Å². The quantitative estimate of drug-likeness (QED) is 0.888. The van der Waals surface area contributed by atoms with Crippen molar-refractivity contribution in [3.63, 3.8) is 0 Å². The van der Waals surface area contributed by atoms with E-state index >= 15 is 0 Å². The van der Waals surface area contributed by atoms with Crippen molar-refractivity contribution in [1.82, 2.24) is 5.32 Å². The number of nitrogens with one attached hydrogen (secondary N) is 1. The first-order valence-electron chi connectivity index (χ1n) is 6.78. The molecule has 0 aliphatic heterocycles. The predicted octanol–water partition coefficient (Wildman–Crippen LogP) is 2.90. The second-order valence-corrected chi connectivity index (χ2v) is 4.92.